The van der Waals surface area contributed by atoms with Crippen LogP contribution in [0, 0.1) is 0 Å². The maximum absolute atomic E-state index is 9.95. The zero-order chi connectivity index (χ0) is 13.7. The third kappa shape index (κ3) is 4.38. The first-order valence-corrected chi connectivity index (χ1v) is 6.59. The second-order valence-corrected chi connectivity index (χ2v) is 4.94. The van der Waals surface area contributed by atoms with Crippen LogP contribution in [0.4, 0.5) is 5.69 Å². The highest BCUT2D eigenvalue weighted by molar-refractivity contribution is 5.41. The van der Waals surface area contributed by atoms with E-state index in [4.69, 9.17) is 15.2 Å². The summed E-state index contributed by atoms with van der Waals surface area (Å²) < 4.78 is 10.8. The molecule has 0 radical (unpaired) electrons. The number of aliphatic hydroxyl groups is 1. The molecule has 106 valence electrons. The van der Waals surface area contributed by atoms with Gasteiger partial charge in [-0.2, -0.15) is 0 Å². The quantitative estimate of drug-likeness (QED) is 0.743. The lowest BCUT2D eigenvalue weighted by molar-refractivity contribution is 0.0642. The van der Waals surface area contributed by atoms with E-state index in [0.29, 0.717) is 18.3 Å². The fourth-order valence-corrected chi connectivity index (χ4v) is 2.26. The number of hydrogen-bond donors (Lipinski definition) is 2. The summed E-state index contributed by atoms with van der Waals surface area (Å²) >= 11 is 0. The number of nitrogens with two attached hydrogens (primary N) is 1. The molecule has 0 aromatic heterocycles. The first kappa shape index (κ1) is 14.1. The second kappa shape index (κ2) is 6.75. The maximum atomic E-state index is 9.95. The van der Waals surface area contributed by atoms with E-state index in [2.05, 4.69) is 4.90 Å². The minimum atomic E-state index is -0.492. The molecule has 0 amide bonds. The fraction of sp³-hybridized carbons (Fsp3) is 0.571. The van der Waals surface area contributed by atoms with Crippen LogP contribution in [-0.4, -0.2) is 55.6 Å². The number of anilines is 1. The van der Waals surface area contributed by atoms with Gasteiger partial charge >= 0.3 is 0 Å². The summed E-state index contributed by atoms with van der Waals surface area (Å²) in [6.07, 6.45) is 0.834. The molecule has 0 bridgehead atoms. The lowest BCUT2D eigenvalue weighted by atomic mass is 10.3. The van der Waals surface area contributed by atoms with Gasteiger partial charge in [-0.05, 0) is 30.7 Å². The molecule has 1 saturated heterocycles. The van der Waals surface area contributed by atoms with Crippen molar-refractivity contribution < 1.29 is 14.6 Å². The predicted octanol–water partition coefficient (Wildman–Crippen LogP) is 0.729. The Balaban J connectivity index is 1.70. The van der Waals surface area contributed by atoms with Crippen molar-refractivity contribution in [2.24, 2.45) is 0 Å². The molecular weight excluding hydrogens is 244 g/mol. The van der Waals surface area contributed by atoms with E-state index >= 15 is 0 Å². The smallest absolute Gasteiger partial charge is 0.119 e. The van der Waals surface area contributed by atoms with Gasteiger partial charge in [0.1, 0.15) is 18.5 Å². The van der Waals surface area contributed by atoms with Gasteiger partial charge in [0.15, 0.2) is 0 Å². The van der Waals surface area contributed by atoms with Crippen LogP contribution in [0.25, 0.3) is 0 Å². The molecule has 2 rings (SSSR count). The molecule has 1 heterocycles. The molecule has 0 saturated carbocycles. The zero-order valence-corrected chi connectivity index (χ0v) is 11.3. The Morgan fingerprint density at radius 1 is 1.42 bits per heavy atom. The fourth-order valence-electron chi connectivity index (χ4n) is 2.26. The lowest BCUT2D eigenvalue weighted by Gasteiger charge is -2.20. The minimum Gasteiger partial charge on any atom is -0.491 e. The van der Waals surface area contributed by atoms with Crippen LogP contribution in [-0.2, 0) is 4.74 Å². The van der Waals surface area contributed by atoms with Crippen molar-refractivity contribution in [1.82, 2.24) is 4.90 Å². The van der Waals surface area contributed by atoms with Gasteiger partial charge in [0.25, 0.3) is 0 Å². The minimum absolute atomic E-state index is 0.290. The van der Waals surface area contributed by atoms with Crippen LogP contribution in [0.2, 0.25) is 0 Å². The number of nitrogens with zero attached hydrogens (tertiary/aromatic N) is 1. The van der Waals surface area contributed by atoms with Crippen molar-refractivity contribution in [2.75, 3.05) is 39.1 Å². The molecule has 1 fully saturated rings. The van der Waals surface area contributed by atoms with Gasteiger partial charge in [-0.25, -0.2) is 0 Å². The molecule has 0 spiro atoms. The average Bonchev–Trinajstić information content (AvgIpc) is 2.86. The largest absolute Gasteiger partial charge is 0.491 e. The number of hydrogen-bond acceptors (Lipinski definition) is 5. The van der Waals surface area contributed by atoms with Crippen molar-refractivity contribution in [3.05, 3.63) is 24.3 Å². The monoisotopic (exact) mass is 266 g/mol. The molecule has 3 N–H and O–H groups in total. The van der Waals surface area contributed by atoms with Gasteiger partial charge in [-0.3, -0.25) is 4.90 Å². The number of methoxy groups -OCH3 is 1. The van der Waals surface area contributed by atoms with Crippen molar-refractivity contribution in [3.63, 3.8) is 0 Å². The summed E-state index contributed by atoms with van der Waals surface area (Å²) in [5.41, 5.74) is 6.30. The number of ether oxygens (including phenoxy) is 2. The van der Waals surface area contributed by atoms with Crippen molar-refractivity contribution in [2.45, 2.75) is 18.6 Å². The number of rotatable bonds is 6. The highest BCUT2D eigenvalue weighted by Gasteiger charge is 2.23. The molecule has 0 aliphatic carbocycles. The standard InChI is InChI=1S/C14H22N2O3/c1-18-14-6-7-16(9-14)8-12(17)10-19-13-4-2-11(15)3-5-13/h2-5,12,14,17H,6-10,15H2,1H3. The third-order valence-electron chi connectivity index (χ3n) is 3.35. The molecule has 2 atom stereocenters. The van der Waals surface area contributed by atoms with Gasteiger partial charge in [-0.1, -0.05) is 0 Å². The van der Waals surface area contributed by atoms with E-state index < -0.39 is 6.10 Å². The van der Waals surface area contributed by atoms with E-state index in [0.717, 1.165) is 25.3 Å². The summed E-state index contributed by atoms with van der Waals surface area (Å²) in [6, 6.07) is 7.18. The average molecular weight is 266 g/mol. The van der Waals surface area contributed by atoms with Gasteiger partial charge in [0, 0.05) is 32.4 Å². The van der Waals surface area contributed by atoms with Gasteiger partial charge in [0.2, 0.25) is 0 Å². The van der Waals surface area contributed by atoms with Gasteiger partial charge < -0.3 is 20.3 Å². The Labute approximate surface area is 113 Å². The summed E-state index contributed by atoms with van der Waals surface area (Å²) in [4.78, 5) is 2.20. The molecular formula is C14H22N2O3. The molecule has 1 aliphatic rings. The first-order chi connectivity index (χ1) is 9.17. The Bertz CT molecular complexity index is 383. The molecule has 1 aliphatic heterocycles. The highest BCUT2D eigenvalue weighted by Crippen LogP contribution is 2.15. The highest BCUT2D eigenvalue weighted by atomic mass is 16.5. The van der Waals surface area contributed by atoms with Crippen LogP contribution >= 0.6 is 0 Å². The Hall–Kier alpha value is -1.30. The molecule has 5 heteroatoms. The Morgan fingerprint density at radius 3 is 2.79 bits per heavy atom. The van der Waals surface area contributed by atoms with E-state index in [1.165, 1.54) is 0 Å². The van der Waals surface area contributed by atoms with Gasteiger partial charge in [0.05, 0.1) is 6.10 Å². The number of β-amino-alcohol motifs (C(OH)–C–C–N with tert-alkyl or cyclic N) is 1. The van der Waals surface area contributed by atoms with E-state index in [-0.39, 0.29) is 6.61 Å². The van der Waals surface area contributed by atoms with Crippen LogP contribution in [0.15, 0.2) is 24.3 Å². The van der Waals surface area contributed by atoms with Gasteiger partial charge in [-0.15, -0.1) is 0 Å². The second-order valence-electron chi connectivity index (χ2n) is 4.94. The van der Waals surface area contributed by atoms with Crippen LogP contribution in [0.1, 0.15) is 6.42 Å². The number of likely N-dealkylation sites (tertiary alicyclic amines) is 1. The van der Waals surface area contributed by atoms with Crippen molar-refractivity contribution in [1.29, 1.82) is 0 Å². The Morgan fingerprint density at radius 2 is 2.16 bits per heavy atom. The van der Waals surface area contributed by atoms with E-state index in [1.807, 2.05) is 0 Å². The Kier molecular flexibility index (Phi) is 5.01. The normalized spacial score (nSPS) is 21.5. The lowest BCUT2D eigenvalue weighted by Crippen LogP contribution is -2.34. The zero-order valence-electron chi connectivity index (χ0n) is 11.3. The number of nitrogen functional groups attached to an aromatic ring is 1. The van der Waals surface area contributed by atoms with Crippen LogP contribution in [0.5, 0.6) is 5.75 Å². The van der Waals surface area contributed by atoms with Crippen molar-refractivity contribution >= 4 is 5.69 Å². The molecule has 1 aromatic carbocycles. The predicted molar refractivity (Wildman–Crippen MR) is 74.2 cm³/mol. The maximum Gasteiger partial charge on any atom is 0.119 e. The molecule has 1 aromatic rings. The number of benzene rings is 1. The van der Waals surface area contributed by atoms with E-state index in [9.17, 15) is 5.11 Å². The molecule has 2 unspecified atom stereocenters. The molecule has 5 nitrogen and oxygen atoms in total. The topological polar surface area (TPSA) is 68.0 Å². The van der Waals surface area contributed by atoms with E-state index in [1.54, 1.807) is 31.4 Å². The van der Waals surface area contributed by atoms with Crippen molar-refractivity contribution in [3.8, 4) is 5.75 Å². The summed E-state index contributed by atoms with van der Waals surface area (Å²) in [5.74, 6) is 0.726. The first-order valence-electron chi connectivity index (χ1n) is 6.59. The third-order valence-corrected chi connectivity index (χ3v) is 3.35. The molecule has 19 heavy (non-hydrogen) atoms. The van der Waals surface area contributed by atoms with Crippen LogP contribution < -0.4 is 10.5 Å². The summed E-state index contributed by atoms with van der Waals surface area (Å²) in [7, 11) is 1.73. The number of aliphatic hydroxyl groups excluding tert-OH is 1. The summed E-state index contributed by atoms with van der Waals surface area (Å²) in [6.45, 7) is 2.76. The summed E-state index contributed by atoms with van der Waals surface area (Å²) in [5, 5.41) is 9.95. The van der Waals surface area contributed by atoms with Crippen LogP contribution in [0.3, 0.4) is 0 Å². The SMILES string of the molecule is COC1CCN(CC(O)COc2ccc(N)cc2)C1.